The molecule has 0 unspecified atom stereocenters. The van der Waals surface area contributed by atoms with Crippen LogP contribution < -0.4 is 4.90 Å². The van der Waals surface area contributed by atoms with Crippen LogP contribution >= 0.6 is 22.7 Å². The maximum atomic E-state index is 2.50. The van der Waals surface area contributed by atoms with Gasteiger partial charge in [-0.1, -0.05) is 127 Å². The Bertz CT molecular complexity index is 3050. The van der Waals surface area contributed by atoms with Crippen LogP contribution in [0.3, 0.4) is 0 Å². The molecule has 2 aliphatic rings. The van der Waals surface area contributed by atoms with Crippen LogP contribution in [0.1, 0.15) is 22.3 Å². The molecule has 3 heterocycles. The van der Waals surface area contributed by atoms with Gasteiger partial charge in [0, 0.05) is 37.6 Å². The third kappa shape index (κ3) is 4.29. The summed E-state index contributed by atoms with van der Waals surface area (Å²) in [6.45, 7) is 0. The standard InChI is InChI=1S/C51H32N2S2/c1-2-13-33(14-3-1)53-46-22-11-7-18-40(46)41-27-25-35(32-47(41)53)52(50-29-28-49(55-50)48-23-12-30-54-48)34-24-26-39-38-17-6-10-21-44(38)51(45(39)31-34)42-19-8-4-15-36(42)37-16-5-9-20-43(37)51/h1-32H. The van der Waals surface area contributed by atoms with Gasteiger partial charge in [-0.3, -0.25) is 0 Å². The van der Waals surface area contributed by atoms with Crippen LogP contribution in [0.15, 0.2) is 193 Å². The van der Waals surface area contributed by atoms with Gasteiger partial charge < -0.3 is 9.47 Å². The van der Waals surface area contributed by atoms with Gasteiger partial charge in [0.1, 0.15) is 5.00 Å². The van der Waals surface area contributed by atoms with Crippen molar-refractivity contribution in [3.8, 4) is 37.7 Å². The number of benzene rings is 7. The summed E-state index contributed by atoms with van der Waals surface area (Å²) in [6, 6.07) is 69.9. The van der Waals surface area contributed by atoms with E-state index in [2.05, 4.69) is 203 Å². The summed E-state index contributed by atoms with van der Waals surface area (Å²) in [5.74, 6) is 0. The van der Waals surface area contributed by atoms with Crippen molar-refractivity contribution in [2.24, 2.45) is 0 Å². The van der Waals surface area contributed by atoms with E-state index in [4.69, 9.17) is 0 Å². The highest BCUT2D eigenvalue weighted by atomic mass is 32.1. The lowest BCUT2D eigenvalue weighted by Gasteiger charge is -2.32. The summed E-state index contributed by atoms with van der Waals surface area (Å²) in [7, 11) is 0. The van der Waals surface area contributed by atoms with E-state index < -0.39 is 5.41 Å². The fourth-order valence-electron chi connectivity index (χ4n) is 9.58. The Kier molecular flexibility index (Phi) is 6.62. The van der Waals surface area contributed by atoms with Crippen molar-refractivity contribution in [2.75, 3.05) is 4.90 Å². The van der Waals surface area contributed by atoms with Crippen LogP contribution in [0.4, 0.5) is 16.4 Å². The van der Waals surface area contributed by atoms with Crippen molar-refractivity contribution < 1.29 is 0 Å². The lowest BCUT2D eigenvalue weighted by molar-refractivity contribution is 0.793. The van der Waals surface area contributed by atoms with Gasteiger partial charge >= 0.3 is 0 Å². The molecule has 3 aromatic heterocycles. The number of hydrogen-bond donors (Lipinski definition) is 0. The number of anilines is 3. The molecule has 2 nitrogen and oxygen atoms in total. The maximum absolute atomic E-state index is 2.50. The molecule has 0 radical (unpaired) electrons. The van der Waals surface area contributed by atoms with Gasteiger partial charge in [-0.15, -0.1) is 22.7 Å². The van der Waals surface area contributed by atoms with Crippen LogP contribution in [-0.2, 0) is 5.41 Å². The van der Waals surface area contributed by atoms with Crippen molar-refractivity contribution in [2.45, 2.75) is 5.41 Å². The van der Waals surface area contributed by atoms with Gasteiger partial charge in [0.05, 0.1) is 16.4 Å². The zero-order valence-electron chi connectivity index (χ0n) is 29.7. The maximum Gasteiger partial charge on any atom is 0.101 e. The Labute approximate surface area is 327 Å². The normalized spacial score (nSPS) is 13.2. The molecule has 0 atom stereocenters. The Morgan fingerprint density at radius 1 is 0.418 bits per heavy atom. The minimum atomic E-state index is -0.415. The second-order valence-electron chi connectivity index (χ2n) is 14.5. The molecule has 10 aromatic rings. The van der Waals surface area contributed by atoms with Crippen LogP contribution in [0.5, 0.6) is 0 Å². The molecule has 1 spiro atoms. The van der Waals surface area contributed by atoms with Crippen molar-refractivity contribution in [1.82, 2.24) is 4.57 Å². The minimum absolute atomic E-state index is 0.415. The highest BCUT2D eigenvalue weighted by Gasteiger charge is 2.51. The predicted octanol–water partition coefficient (Wildman–Crippen LogP) is 14.4. The molecule has 2 aliphatic carbocycles. The van der Waals surface area contributed by atoms with E-state index in [-0.39, 0.29) is 0 Å². The van der Waals surface area contributed by atoms with E-state index in [1.54, 1.807) is 11.3 Å². The summed E-state index contributed by atoms with van der Waals surface area (Å²) in [5.41, 5.74) is 16.1. The Morgan fingerprint density at radius 2 is 1.02 bits per heavy atom. The Balaban J connectivity index is 1.13. The first-order valence-electron chi connectivity index (χ1n) is 18.8. The highest BCUT2D eigenvalue weighted by Crippen LogP contribution is 2.63. The number of rotatable bonds is 5. The molecule has 55 heavy (non-hydrogen) atoms. The summed E-state index contributed by atoms with van der Waals surface area (Å²) in [4.78, 5) is 5.05. The molecule has 0 bridgehead atoms. The molecule has 0 saturated heterocycles. The summed E-state index contributed by atoms with van der Waals surface area (Å²) >= 11 is 3.64. The van der Waals surface area contributed by atoms with Crippen molar-refractivity contribution >= 4 is 60.9 Å². The second kappa shape index (κ2) is 11.8. The van der Waals surface area contributed by atoms with E-state index in [0.717, 1.165) is 17.1 Å². The minimum Gasteiger partial charge on any atom is -0.309 e. The summed E-state index contributed by atoms with van der Waals surface area (Å²) in [5, 5.41) is 5.85. The van der Waals surface area contributed by atoms with Gasteiger partial charge in [-0.25, -0.2) is 0 Å². The molecule has 0 aliphatic heterocycles. The quantitative estimate of drug-likeness (QED) is 0.171. The van der Waals surface area contributed by atoms with Crippen LogP contribution in [0.25, 0.3) is 59.5 Å². The van der Waals surface area contributed by atoms with E-state index in [1.807, 2.05) is 11.3 Å². The van der Waals surface area contributed by atoms with Gasteiger partial charge in [0.2, 0.25) is 0 Å². The lowest BCUT2D eigenvalue weighted by atomic mass is 9.70. The number of thiophene rings is 2. The van der Waals surface area contributed by atoms with Crippen molar-refractivity contribution in [3.05, 3.63) is 216 Å². The molecule has 4 heteroatoms. The van der Waals surface area contributed by atoms with Gasteiger partial charge in [0.25, 0.3) is 0 Å². The molecule has 0 N–H and O–H groups in total. The smallest absolute Gasteiger partial charge is 0.101 e. The first-order chi connectivity index (χ1) is 27.3. The molecular weight excluding hydrogens is 705 g/mol. The van der Waals surface area contributed by atoms with Crippen LogP contribution in [-0.4, -0.2) is 4.57 Å². The number of aromatic nitrogens is 1. The molecule has 7 aromatic carbocycles. The van der Waals surface area contributed by atoms with Crippen molar-refractivity contribution in [1.29, 1.82) is 0 Å². The fourth-order valence-corrected chi connectivity index (χ4v) is 11.5. The SMILES string of the molecule is c1ccc(-n2c3ccccc3c3ccc(N(c4ccc5c(c4)C4(c6ccccc6-c6ccccc64)c4ccccc4-5)c4ccc(-c5cccs5)s4)cc32)cc1. The largest absolute Gasteiger partial charge is 0.309 e. The van der Waals surface area contributed by atoms with E-state index in [9.17, 15) is 0 Å². The van der Waals surface area contributed by atoms with Gasteiger partial charge in [-0.2, -0.15) is 0 Å². The number of para-hydroxylation sites is 2. The molecule has 0 saturated carbocycles. The fraction of sp³-hybridized carbons (Fsp3) is 0.0196. The molecule has 258 valence electrons. The van der Waals surface area contributed by atoms with E-state index >= 15 is 0 Å². The lowest BCUT2D eigenvalue weighted by Crippen LogP contribution is -2.26. The Hall–Kier alpha value is -6.46. The summed E-state index contributed by atoms with van der Waals surface area (Å²) < 4.78 is 2.42. The number of fused-ring (bicyclic) bond motifs is 13. The Morgan fingerprint density at radius 3 is 1.73 bits per heavy atom. The first kappa shape index (κ1) is 30.9. The third-order valence-electron chi connectivity index (χ3n) is 11.7. The molecule has 0 fully saturated rings. The van der Waals surface area contributed by atoms with Crippen molar-refractivity contribution in [3.63, 3.8) is 0 Å². The first-order valence-corrected chi connectivity index (χ1v) is 20.4. The van der Waals surface area contributed by atoms with E-state index in [1.165, 1.54) is 81.1 Å². The number of hydrogen-bond acceptors (Lipinski definition) is 3. The average Bonchev–Trinajstić information content (AvgIpc) is 4.09. The zero-order chi connectivity index (χ0) is 36.1. The van der Waals surface area contributed by atoms with Crippen LogP contribution in [0.2, 0.25) is 0 Å². The topological polar surface area (TPSA) is 8.17 Å². The average molecular weight is 737 g/mol. The zero-order valence-corrected chi connectivity index (χ0v) is 31.3. The predicted molar refractivity (Wildman–Crippen MR) is 233 cm³/mol. The van der Waals surface area contributed by atoms with Crippen LogP contribution in [0, 0.1) is 0 Å². The molecule has 0 amide bonds. The third-order valence-corrected chi connectivity index (χ3v) is 13.9. The monoisotopic (exact) mass is 736 g/mol. The molecular formula is C51H32N2S2. The summed E-state index contributed by atoms with van der Waals surface area (Å²) in [6.07, 6.45) is 0. The van der Waals surface area contributed by atoms with Gasteiger partial charge in [-0.05, 0) is 111 Å². The highest BCUT2D eigenvalue weighted by molar-refractivity contribution is 7.23. The molecule has 12 rings (SSSR count). The number of nitrogens with zero attached hydrogens (tertiary/aromatic N) is 2. The second-order valence-corrected chi connectivity index (χ2v) is 16.5. The van der Waals surface area contributed by atoms with E-state index in [0.29, 0.717) is 0 Å². The van der Waals surface area contributed by atoms with Gasteiger partial charge in [0.15, 0.2) is 0 Å².